The zero-order valence-corrected chi connectivity index (χ0v) is 11.0. The Morgan fingerprint density at radius 2 is 1.83 bits per heavy atom. The van der Waals surface area contributed by atoms with Crippen LogP contribution in [0.3, 0.4) is 0 Å². The number of hydrogen-bond acceptors (Lipinski definition) is 2. The third-order valence-corrected chi connectivity index (χ3v) is 2.94. The monoisotopic (exact) mass is 276 g/mol. The van der Waals surface area contributed by atoms with Crippen LogP contribution < -0.4 is 5.32 Å². The quantitative estimate of drug-likeness (QED) is 0.898. The Kier molecular flexibility index (Phi) is 4.09. The summed E-state index contributed by atoms with van der Waals surface area (Å²) < 4.78 is 0. The molecule has 0 radical (unpaired) electrons. The lowest BCUT2D eigenvalue weighted by molar-refractivity contribution is 1.15. The van der Waals surface area contributed by atoms with Crippen molar-refractivity contribution in [1.29, 1.82) is 5.26 Å². The van der Waals surface area contributed by atoms with Crippen molar-refractivity contribution >= 4 is 28.9 Å². The first-order chi connectivity index (χ1) is 8.69. The van der Waals surface area contributed by atoms with Gasteiger partial charge in [-0.05, 0) is 35.9 Å². The van der Waals surface area contributed by atoms with Crippen molar-refractivity contribution in [2.75, 3.05) is 5.32 Å². The molecule has 0 amide bonds. The van der Waals surface area contributed by atoms with Gasteiger partial charge >= 0.3 is 0 Å². The molecule has 90 valence electrons. The van der Waals surface area contributed by atoms with Crippen LogP contribution >= 0.6 is 23.2 Å². The van der Waals surface area contributed by atoms with Crippen LogP contribution in [0.5, 0.6) is 0 Å². The van der Waals surface area contributed by atoms with E-state index in [-0.39, 0.29) is 0 Å². The number of anilines is 1. The molecule has 0 bridgehead atoms. The fraction of sp³-hybridized carbons (Fsp3) is 0.0714. The highest BCUT2D eigenvalue weighted by atomic mass is 35.5. The summed E-state index contributed by atoms with van der Waals surface area (Å²) in [6.07, 6.45) is 0. The number of rotatable bonds is 3. The summed E-state index contributed by atoms with van der Waals surface area (Å²) in [5.74, 6) is 0. The van der Waals surface area contributed by atoms with E-state index in [1.165, 1.54) is 0 Å². The summed E-state index contributed by atoms with van der Waals surface area (Å²) in [6, 6.07) is 14.9. The lowest BCUT2D eigenvalue weighted by Crippen LogP contribution is -2.01. The normalized spacial score (nSPS) is 9.83. The van der Waals surface area contributed by atoms with E-state index in [1.807, 2.05) is 24.3 Å². The first-order valence-corrected chi connectivity index (χ1v) is 6.12. The molecule has 0 heterocycles. The fourth-order valence-electron chi connectivity index (χ4n) is 1.61. The second-order valence-corrected chi connectivity index (χ2v) is 4.66. The maximum atomic E-state index is 9.01. The number of nitrogens with one attached hydrogen (secondary N) is 1. The molecule has 2 aromatic carbocycles. The van der Waals surface area contributed by atoms with Gasteiger partial charge in [0.15, 0.2) is 0 Å². The lowest BCUT2D eigenvalue weighted by atomic mass is 10.1. The van der Waals surface area contributed by atoms with E-state index in [0.29, 0.717) is 22.2 Å². The second kappa shape index (κ2) is 5.77. The van der Waals surface area contributed by atoms with E-state index in [0.717, 1.165) is 11.3 Å². The molecule has 4 heteroatoms. The highest BCUT2D eigenvalue weighted by molar-refractivity contribution is 6.31. The molecular weight excluding hydrogens is 267 g/mol. The van der Waals surface area contributed by atoms with Crippen LogP contribution in [0.4, 0.5) is 5.69 Å². The molecule has 0 aliphatic rings. The first-order valence-electron chi connectivity index (χ1n) is 5.37. The van der Waals surface area contributed by atoms with Crippen molar-refractivity contribution in [2.24, 2.45) is 0 Å². The van der Waals surface area contributed by atoms with Crippen LogP contribution in [-0.2, 0) is 6.54 Å². The number of hydrogen-bond donors (Lipinski definition) is 1. The molecular formula is C14H10Cl2N2. The van der Waals surface area contributed by atoms with Gasteiger partial charge in [0.05, 0.1) is 11.3 Å². The minimum atomic E-state index is 0.532. The van der Waals surface area contributed by atoms with Gasteiger partial charge in [-0.1, -0.05) is 35.3 Å². The predicted octanol–water partition coefficient (Wildman–Crippen LogP) is 4.48. The molecule has 0 unspecified atom stereocenters. The molecule has 2 rings (SSSR count). The summed E-state index contributed by atoms with van der Waals surface area (Å²) in [4.78, 5) is 0. The molecule has 0 saturated carbocycles. The van der Waals surface area contributed by atoms with E-state index < -0.39 is 0 Å². The molecule has 0 atom stereocenters. The largest absolute Gasteiger partial charge is 0.380 e. The first kappa shape index (κ1) is 12.8. The zero-order valence-electron chi connectivity index (χ0n) is 9.45. The van der Waals surface area contributed by atoms with E-state index in [4.69, 9.17) is 28.5 Å². The number of nitriles is 1. The topological polar surface area (TPSA) is 35.8 Å². The SMILES string of the molecule is N#Cc1cc(Cl)ccc1NCc1cccc(Cl)c1. The van der Waals surface area contributed by atoms with E-state index in [9.17, 15) is 0 Å². The smallest absolute Gasteiger partial charge is 0.101 e. The van der Waals surface area contributed by atoms with Gasteiger partial charge < -0.3 is 5.32 Å². The predicted molar refractivity (Wildman–Crippen MR) is 74.9 cm³/mol. The molecule has 2 aromatic rings. The number of benzene rings is 2. The van der Waals surface area contributed by atoms with Gasteiger partial charge in [0.2, 0.25) is 0 Å². The lowest BCUT2D eigenvalue weighted by Gasteiger charge is -2.08. The molecule has 1 N–H and O–H groups in total. The molecule has 0 saturated heterocycles. The zero-order chi connectivity index (χ0) is 13.0. The van der Waals surface area contributed by atoms with Gasteiger partial charge in [-0.15, -0.1) is 0 Å². The minimum absolute atomic E-state index is 0.532. The minimum Gasteiger partial charge on any atom is -0.380 e. The highest BCUT2D eigenvalue weighted by Crippen LogP contribution is 2.21. The number of nitrogens with zero attached hydrogens (tertiary/aromatic N) is 1. The average Bonchev–Trinajstić information content (AvgIpc) is 2.37. The van der Waals surface area contributed by atoms with E-state index >= 15 is 0 Å². The maximum absolute atomic E-state index is 9.01. The average molecular weight is 277 g/mol. The van der Waals surface area contributed by atoms with Crippen LogP contribution in [0.2, 0.25) is 10.0 Å². The van der Waals surface area contributed by atoms with Gasteiger partial charge in [0.25, 0.3) is 0 Å². The van der Waals surface area contributed by atoms with E-state index in [2.05, 4.69) is 11.4 Å². The number of halogens is 2. The Hall–Kier alpha value is -1.69. The molecule has 0 fully saturated rings. The summed E-state index contributed by atoms with van der Waals surface area (Å²) in [5, 5.41) is 13.5. The second-order valence-electron chi connectivity index (χ2n) is 3.79. The van der Waals surface area contributed by atoms with Crippen molar-refractivity contribution in [3.63, 3.8) is 0 Å². The molecule has 0 aromatic heterocycles. The van der Waals surface area contributed by atoms with Gasteiger partial charge in [0, 0.05) is 16.6 Å². The third kappa shape index (κ3) is 3.16. The molecule has 2 nitrogen and oxygen atoms in total. The van der Waals surface area contributed by atoms with Crippen LogP contribution in [-0.4, -0.2) is 0 Å². The Morgan fingerprint density at radius 1 is 1.06 bits per heavy atom. The van der Waals surface area contributed by atoms with Crippen LogP contribution in [0.25, 0.3) is 0 Å². The van der Waals surface area contributed by atoms with E-state index in [1.54, 1.807) is 18.2 Å². The van der Waals surface area contributed by atoms with Crippen molar-refractivity contribution in [2.45, 2.75) is 6.54 Å². The van der Waals surface area contributed by atoms with Crippen molar-refractivity contribution < 1.29 is 0 Å². The summed E-state index contributed by atoms with van der Waals surface area (Å²) >= 11 is 11.7. The van der Waals surface area contributed by atoms with Crippen LogP contribution in [0, 0.1) is 11.3 Å². The molecule has 18 heavy (non-hydrogen) atoms. The van der Waals surface area contributed by atoms with Crippen molar-refractivity contribution in [3.05, 3.63) is 63.6 Å². The maximum Gasteiger partial charge on any atom is 0.101 e. The van der Waals surface area contributed by atoms with Gasteiger partial charge in [-0.3, -0.25) is 0 Å². The van der Waals surface area contributed by atoms with Crippen molar-refractivity contribution in [3.8, 4) is 6.07 Å². The van der Waals surface area contributed by atoms with Gasteiger partial charge in [-0.25, -0.2) is 0 Å². The van der Waals surface area contributed by atoms with Crippen molar-refractivity contribution in [1.82, 2.24) is 0 Å². The van der Waals surface area contributed by atoms with Gasteiger partial charge in [0.1, 0.15) is 6.07 Å². The Labute approximate surface area is 116 Å². The Balaban J connectivity index is 2.14. The molecule has 0 aliphatic heterocycles. The third-order valence-electron chi connectivity index (χ3n) is 2.47. The highest BCUT2D eigenvalue weighted by Gasteiger charge is 2.02. The van der Waals surface area contributed by atoms with Gasteiger partial charge in [-0.2, -0.15) is 5.26 Å². The summed E-state index contributed by atoms with van der Waals surface area (Å²) in [6.45, 7) is 0.608. The standard InChI is InChI=1S/C14H10Cl2N2/c15-12-3-1-2-10(6-12)9-18-14-5-4-13(16)7-11(14)8-17/h1-7,18H,9H2. The summed E-state index contributed by atoms with van der Waals surface area (Å²) in [5.41, 5.74) is 2.35. The Morgan fingerprint density at radius 3 is 2.56 bits per heavy atom. The molecule has 0 spiro atoms. The fourth-order valence-corrected chi connectivity index (χ4v) is 1.99. The Bertz CT molecular complexity index is 603. The molecule has 0 aliphatic carbocycles. The summed E-state index contributed by atoms with van der Waals surface area (Å²) in [7, 11) is 0. The van der Waals surface area contributed by atoms with Crippen LogP contribution in [0.1, 0.15) is 11.1 Å². The van der Waals surface area contributed by atoms with Crippen LogP contribution in [0.15, 0.2) is 42.5 Å².